The molecule has 0 saturated carbocycles. The lowest BCUT2D eigenvalue weighted by Gasteiger charge is -2.34. The summed E-state index contributed by atoms with van der Waals surface area (Å²) in [4.78, 5) is 2.53. The van der Waals surface area contributed by atoms with Gasteiger partial charge in [0.1, 0.15) is 0 Å². The fourth-order valence-electron chi connectivity index (χ4n) is 2.99. The summed E-state index contributed by atoms with van der Waals surface area (Å²) in [5, 5.41) is 3.46. The van der Waals surface area contributed by atoms with E-state index < -0.39 is 0 Å². The number of hydrogen-bond donors (Lipinski definition) is 1. The van der Waals surface area contributed by atoms with Gasteiger partial charge < -0.3 is 10.2 Å². The third kappa shape index (κ3) is 3.14. The van der Waals surface area contributed by atoms with Crippen molar-refractivity contribution in [2.75, 3.05) is 18.0 Å². The normalized spacial score (nSPS) is 19.7. The molecule has 1 atom stereocenters. The van der Waals surface area contributed by atoms with E-state index in [-0.39, 0.29) is 5.54 Å². The Morgan fingerprint density at radius 3 is 2.68 bits per heavy atom. The summed E-state index contributed by atoms with van der Waals surface area (Å²) in [5.74, 6) is 0. The van der Waals surface area contributed by atoms with Crippen molar-refractivity contribution < 1.29 is 0 Å². The van der Waals surface area contributed by atoms with Gasteiger partial charge in [-0.1, -0.05) is 13.0 Å². The van der Waals surface area contributed by atoms with Gasteiger partial charge in [-0.05, 0) is 73.8 Å². The average Bonchev–Trinajstić information content (AvgIpc) is 2.69. The molecule has 1 saturated heterocycles. The van der Waals surface area contributed by atoms with E-state index in [2.05, 4.69) is 72.0 Å². The highest BCUT2D eigenvalue weighted by Crippen LogP contribution is 2.38. The van der Waals surface area contributed by atoms with Gasteiger partial charge in [0.15, 0.2) is 0 Å². The predicted octanol–water partition coefficient (Wildman–Crippen LogP) is 4.50. The number of nitrogens with zero attached hydrogens (tertiary/aromatic N) is 1. The van der Waals surface area contributed by atoms with E-state index in [1.165, 1.54) is 28.6 Å². The molecule has 2 nitrogen and oxygen atoms in total. The quantitative estimate of drug-likeness (QED) is 0.877. The van der Waals surface area contributed by atoms with Crippen LogP contribution < -0.4 is 10.2 Å². The highest BCUT2D eigenvalue weighted by atomic mass is 79.9. The first kappa shape index (κ1) is 14.9. The van der Waals surface area contributed by atoms with Gasteiger partial charge in [0.25, 0.3) is 0 Å². The highest BCUT2D eigenvalue weighted by Gasteiger charge is 2.32. The van der Waals surface area contributed by atoms with E-state index in [1.54, 1.807) is 0 Å². The summed E-state index contributed by atoms with van der Waals surface area (Å²) < 4.78 is 1.21. The fourth-order valence-corrected chi connectivity index (χ4v) is 3.60. The van der Waals surface area contributed by atoms with Crippen molar-refractivity contribution in [2.24, 2.45) is 0 Å². The van der Waals surface area contributed by atoms with Crippen LogP contribution in [0.4, 0.5) is 5.69 Å². The predicted molar refractivity (Wildman–Crippen MR) is 86.9 cm³/mol. The Kier molecular flexibility index (Phi) is 4.57. The monoisotopic (exact) mass is 324 g/mol. The Balaban J connectivity index is 2.25. The van der Waals surface area contributed by atoms with Crippen LogP contribution in [0.1, 0.15) is 52.1 Å². The van der Waals surface area contributed by atoms with Crippen LogP contribution >= 0.6 is 15.9 Å². The molecule has 0 radical (unpaired) electrons. The summed E-state index contributed by atoms with van der Waals surface area (Å²) in [5.41, 5.74) is 2.95. The van der Waals surface area contributed by atoms with Crippen molar-refractivity contribution in [1.82, 2.24) is 5.32 Å². The second kappa shape index (κ2) is 5.84. The Bertz CT molecular complexity index is 442. The molecule has 1 aromatic rings. The number of halogens is 1. The van der Waals surface area contributed by atoms with Crippen LogP contribution in [0.3, 0.4) is 0 Å². The van der Waals surface area contributed by atoms with Crippen molar-refractivity contribution in [3.63, 3.8) is 0 Å². The van der Waals surface area contributed by atoms with E-state index in [1.807, 2.05) is 0 Å². The zero-order valence-corrected chi connectivity index (χ0v) is 14.0. The van der Waals surface area contributed by atoms with E-state index >= 15 is 0 Å². The number of rotatable bonds is 4. The summed E-state index contributed by atoms with van der Waals surface area (Å²) >= 11 is 3.76. The van der Waals surface area contributed by atoms with E-state index in [0.29, 0.717) is 6.04 Å². The minimum Gasteiger partial charge on any atom is -0.366 e. The lowest BCUT2D eigenvalue weighted by atomic mass is 10.0. The smallest absolute Gasteiger partial charge is 0.0515 e. The lowest BCUT2D eigenvalue weighted by molar-refractivity contribution is 0.517. The van der Waals surface area contributed by atoms with Gasteiger partial charge in [-0.25, -0.2) is 0 Å². The van der Waals surface area contributed by atoms with Gasteiger partial charge in [0.05, 0.1) is 5.69 Å². The molecule has 0 spiro atoms. The Labute approximate surface area is 125 Å². The van der Waals surface area contributed by atoms with Gasteiger partial charge in [-0.15, -0.1) is 0 Å². The number of benzene rings is 1. The van der Waals surface area contributed by atoms with Crippen LogP contribution in [0.2, 0.25) is 0 Å². The largest absolute Gasteiger partial charge is 0.366 e. The average molecular weight is 325 g/mol. The van der Waals surface area contributed by atoms with Gasteiger partial charge >= 0.3 is 0 Å². The molecular formula is C16H25BrN2. The standard InChI is InChI=1S/C16H25BrN2/c1-5-18-12(2)13-7-8-15(14(17)11-13)19-10-6-9-16(19,3)4/h7-8,11-12,18H,5-6,9-10H2,1-4H3. The molecule has 0 amide bonds. The van der Waals surface area contributed by atoms with Crippen molar-refractivity contribution in [1.29, 1.82) is 0 Å². The number of anilines is 1. The first-order valence-electron chi connectivity index (χ1n) is 7.26. The third-order valence-corrected chi connectivity index (χ3v) is 4.81. The zero-order valence-electron chi connectivity index (χ0n) is 12.5. The molecular weight excluding hydrogens is 300 g/mol. The van der Waals surface area contributed by atoms with Crippen LogP contribution in [0.15, 0.2) is 22.7 Å². The number of hydrogen-bond acceptors (Lipinski definition) is 2. The topological polar surface area (TPSA) is 15.3 Å². The maximum Gasteiger partial charge on any atom is 0.0515 e. The van der Waals surface area contributed by atoms with Gasteiger partial charge in [-0.2, -0.15) is 0 Å². The molecule has 1 aromatic carbocycles. The maximum atomic E-state index is 3.76. The molecule has 3 heteroatoms. The van der Waals surface area contributed by atoms with E-state index in [0.717, 1.165) is 13.1 Å². The van der Waals surface area contributed by atoms with E-state index in [9.17, 15) is 0 Å². The summed E-state index contributed by atoms with van der Waals surface area (Å²) in [7, 11) is 0. The lowest BCUT2D eigenvalue weighted by Crippen LogP contribution is -2.38. The summed E-state index contributed by atoms with van der Waals surface area (Å²) in [6, 6.07) is 7.18. The Morgan fingerprint density at radius 2 is 2.16 bits per heavy atom. The molecule has 2 rings (SSSR count). The van der Waals surface area contributed by atoms with Crippen LogP contribution in [0.5, 0.6) is 0 Å². The molecule has 1 aliphatic rings. The number of nitrogens with one attached hydrogen (secondary N) is 1. The minimum absolute atomic E-state index is 0.275. The van der Waals surface area contributed by atoms with Crippen LogP contribution in [0, 0.1) is 0 Å². The Morgan fingerprint density at radius 1 is 1.42 bits per heavy atom. The zero-order chi connectivity index (χ0) is 14.0. The SMILES string of the molecule is CCNC(C)c1ccc(N2CCCC2(C)C)c(Br)c1. The first-order chi connectivity index (χ1) is 8.95. The molecule has 1 fully saturated rings. The fraction of sp³-hybridized carbons (Fsp3) is 0.625. The van der Waals surface area contributed by atoms with Crippen LogP contribution in [-0.2, 0) is 0 Å². The molecule has 0 bridgehead atoms. The molecule has 0 aromatic heterocycles. The summed E-state index contributed by atoms with van der Waals surface area (Å²) in [6.07, 6.45) is 2.56. The van der Waals surface area contributed by atoms with Gasteiger partial charge in [-0.3, -0.25) is 0 Å². The molecule has 19 heavy (non-hydrogen) atoms. The van der Waals surface area contributed by atoms with Crippen molar-refractivity contribution in [2.45, 2.75) is 52.1 Å². The van der Waals surface area contributed by atoms with Crippen molar-refractivity contribution >= 4 is 21.6 Å². The molecule has 1 unspecified atom stereocenters. The maximum absolute atomic E-state index is 3.76. The molecule has 0 aliphatic carbocycles. The van der Waals surface area contributed by atoms with Crippen molar-refractivity contribution in [3.8, 4) is 0 Å². The highest BCUT2D eigenvalue weighted by molar-refractivity contribution is 9.10. The summed E-state index contributed by atoms with van der Waals surface area (Å²) in [6.45, 7) is 11.2. The van der Waals surface area contributed by atoms with E-state index in [4.69, 9.17) is 0 Å². The molecule has 1 aliphatic heterocycles. The second-order valence-corrected chi connectivity index (χ2v) is 6.91. The molecule has 1 N–H and O–H groups in total. The third-order valence-electron chi connectivity index (χ3n) is 4.17. The van der Waals surface area contributed by atoms with Gasteiger partial charge in [0.2, 0.25) is 0 Å². The first-order valence-corrected chi connectivity index (χ1v) is 8.05. The molecule has 1 heterocycles. The molecule has 106 valence electrons. The minimum atomic E-state index is 0.275. The second-order valence-electron chi connectivity index (χ2n) is 6.06. The van der Waals surface area contributed by atoms with Crippen LogP contribution in [0.25, 0.3) is 0 Å². The van der Waals surface area contributed by atoms with Gasteiger partial charge in [0, 0.05) is 22.6 Å². The Hall–Kier alpha value is -0.540. The van der Waals surface area contributed by atoms with Crippen LogP contribution in [-0.4, -0.2) is 18.6 Å². The van der Waals surface area contributed by atoms with Crippen molar-refractivity contribution in [3.05, 3.63) is 28.2 Å².